The van der Waals surface area contributed by atoms with Crippen molar-refractivity contribution in [1.82, 2.24) is 4.57 Å². The number of rotatable bonds is 7. The van der Waals surface area contributed by atoms with Gasteiger partial charge in [-0.15, -0.1) is 0 Å². The highest BCUT2D eigenvalue weighted by atomic mass is 15.1. The first kappa shape index (κ1) is 33.2. The molecule has 9 aromatic carbocycles. The summed E-state index contributed by atoms with van der Waals surface area (Å²) in [5.74, 6) is 0. The van der Waals surface area contributed by atoms with Crippen molar-refractivity contribution in [3.63, 3.8) is 0 Å². The second-order valence-corrected chi connectivity index (χ2v) is 15.8. The smallest absolute Gasteiger partial charge is 0.0547 e. The van der Waals surface area contributed by atoms with Crippen LogP contribution in [0.5, 0.6) is 0 Å². The minimum atomic E-state index is -0.141. The largest absolute Gasteiger partial charge is 0.311 e. The van der Waals surface area contributed by atoms with Gasteiger partial charge in [0.1, 0.15) is 0 Å². The summed E-state index contributed by atoms with van der Waals surface area (Å²) in [5, 5.41) is 5.25. The second kappa shape index (κ2) is 13.0. The molecule has 0 amide bonds. The standard InChI is InChI=1S/C55H40N2/c1-55(2)49-35-38(22-21-37-23-28-44(29-24-37)56(41-14-6-3-7-15-41)42-16-8-4-9-17-42)25-30-46(49)47-31-27-40(36-50(47)55)45-33-34-52-54-48(45)32-26-39-13-12-20-51(53(39)54)57(52)43-18-10-5-11-19-43/h3-36H,1-2H3. The number of nitrogens with zero attached hydrogens (tertiary/aromatic N) is 2. The number of hydrogen-bond donors (Lipinski definition) is 0. The van der Waals surface area contributed by atoms with Gasteiger partial charge in [0.2, 0.25) is 0 Å². The van der Waals surface area contributed by atoms with Gasteiger partial charge in [0, 0.05) is 38.9 Å². The molecule has 0 aliphatic heterocycles. The summed E-state index contributed by atoms with van der Waals surface area (Å²) in [4.78, 5) is 2.30. The van der Waals surface area contributed by atoms with Gasteiger partial charge in [-0.3, -0.25) is 0 Å². The number of hydrogen-bond acceptors (Lipinski definition) is 1. The molecule has 0 bridgehead atoms. The predicted octanol–water partition coefficient (Wildman–Crippen LogP) is 15.0. The van der Waals surface area contributed by atoms with E-state index in [-0.39, 0.29) is 5.41 Å². The van der Waals surface area contributed by atoms with Crippen LogP contribution in [0.1, 0.15) is 36.1 Å². The van der Waals surface area contributed by atoms with Crippen molar-refractivity contribution in [2.75, 3.05) is 4.90 Å². The van der Waals surface area contributed by atoms with Crippen molar-refractivity contribution in [3.8, 4) is 27.9 Å². The van der Waals surface area contributed by atoms with E-state index in [1.807, 2.05) is 0 Å². The lowest BCUT2D eigenvalue weighted by molar-refractivity contribution is 0.660. The molecule has 11 rings (SSSR count). The maximum Gasteiger partial charge on any atom is 0.0547 e. The Hall–Kier alpha value is -7.16. The molecule has 0 radical (unpaired) electrons. The van der Waals surface area contributed by atoms with Crippen LogP contribution in [0.25, 0.3) is 72.7 Å². The lowest BCUT2D eigenvalue weighted by atomic mass is 9.81. The van der Waals surface area contributed by atoms with Gasteiger partial charge in [-0.25, -0.2) is 0 Å². The van der Waals surface area contributed by atoms with E-state index in [9.17, 15) is 0 Å². The van der Waals surface area contributed by atoms with Crippen LogP contribution in [-0.2, 0) is 5.41 Å². The van der Waals surface area contributed by atoms with E-state index in [1.165, 1.54) is 82.8 Å². The first-order chi connectivity index (χ1) is 28.0. The normalized spacial score (nSPS) is 13.2. The lowest BCUT2D eigenvalue weighted by Crippen LogP contribution is -2.15. The summed E-state index contributed by atoms with van der Waals surface area (Å²) >= 11 is 0. The first-order valence-corrected chi connectivity index (χ1v) is 19.8. The summed E-state index contributed by atoms with van der Waals surface area (Å²) in [6, 6.07) is 70.8. The quantitative estimate of drug-likeness (QED) is 0.117. The molecule has 0 spiro atoms. The fourth-order valence-corrected chi connectivity index (χ4v) is 9.35. The molecule has 0 N–H and O–H groups in total. The van der Waals surface area contributed by atoms with Gasteiger partial charge in [-0.2, -0.15) is 0 Å². The van der Waals surface area contributed by atoms with E-state index in [4.69, 9.17) is 0 Å². The summed E-state index contributed by atoms with van der Waals surface area (Å²) in [5.41, 5.74) is 17.3. The molecule has 1 heterocycles. The van der Waals surface area contributed by atoms with E-state index in [0.717, 1.165) is 17.1 Å². The van der Waals surface area contributed by atoms with E-state index in [0.29, 0.717) is 0 Å². The number of anilines is 3. The molecule has 57 heavy (non-hydrogen) atoms. The molecule has 1 aliphatic carbocycles. The highest BCUT2D eigenvalue weighted by molar-refractivity contribution is 6.26. The molecule has 0 saturated heterocycles. The van der Waals surface area contributed by atoms with E-state index in [2.05, 4.69) is 230 Å². The average Bonchev–Trinajstić information content (AvgIpc) is 3.72. The zero-order valence-electron chi connectivity index (χ0n) is 32.0. The minimum Gasteiger partial charge on any atom is -0.311 e. The molecule has 10 aromatic rings. The number of fused-ring (bicyclic) bond motifs is 3. The third-order valence-electron chi connectivity index (χ3n) is 12.1. The van der Waals surface area contributed by atoms with Crippen molar-refractivity contribution < 1.29 is 0 Å². The van der Waals surface area contributed by atoms with Crippen molar-refractivity contribution in [2.24, 2.45) is 0 Å². The van der Waals surface area contributed by atoms with Crippen LogP contribution >= 0.6 is 0 Å². The van der Waals surface area contributed by atoms with E-state index >= 15 is 0 Å². The molecule has 0 saturated carbocycles. The highest BCUT2D eigenvalue weighted by Crippen LogP contribution is 2.51. The summed E-state index contributed by atoms with van der Waals surface area (Å²) < 4.78 is 2.42. The maximum atomic E-state index is 2.46. The molecule has 0 fully saturated rings. The summed E-state index contributed by atoms with van der Waals surface area (Å²) in [6.45, 7) is 4.76. The third-order valence-corrected chi connectivity index (χ3v) is 12.1. The van der Waals surface area contributed by atoms with Crippen LogP contribution in [0.3, 0.4) is 0 Å². The monoisotopic (exact) mass is 728 g/mol. The van der Waals surface area contributed by atoms with Gasteiger partial charge in [0.25, 0.3) is 0 Å². The van der Waals surface area contributed by atoms with Crippen LogP contribution in [0, 0.1) is 0 Å². The van der Waals surface area contributed by atoms with Gasteiger partial charge in [0.05, 0.1) is 11.0 Å². The van der Waals surface area contributed by atoms with Crippen LogP contribution in [0.4, 0.5) is 17.1 Å². The maximum absolute atomic E-state index is 2.46. The zero-order chi connectivity index (χ0) is 38.1. The topological polar surface area (TPSA) is 8.17 Å². The SMILES string of the molecule is CC1(C)c2cc(C=Cc3ccc(N(c4ccccc4)c4ccccc4)cc3)ccc2-c2ccc(-c3ccc4c5c3ccc3cccc(c35)n4-c3ccccc3)cc21. The van der Waals surface area contributed by atoms with E-state index < -0.39 is 0 Å². The van der Waals surface area contributed by atoms with Crippen LogP contribution in [0.15, 0.2) is 194 Å². The molecule has 2 nitrogen and oxygen atoms in total. The molecule has 1 aliphatic rings. The van der Waals surface area contributed by atoms with Crippen molar-refractivity contribution in [2.45, 2.75) is 19.3 Å². The highest BCUT2D eigenvalue weighted by Gasteiger charge is 2.36. The Kier molecular flexibility index (Phi) is 7.55. The fraction of sp³-hybridized carbons (Fsp3) is 0.0545. The predicted molar refractivity (Wildman–Crippen MR) is 243 cm³/mol. The van der Waals surface area contributed by atoms with Crippen LogP contribution < -0.4 is 4.90 Å². The minimum absolute atomic E-state index is 0.141. The fourth-order valence-electron chi connectivity index (χ4n) is 9.35. The lowest BCUT2D eigenvalue weighted by Gasteiger charge is -2.25. The number of para-hydroxylation sites is 3. The van der Waals surface area contributed by atoms with Crippen molar-refractivity contribution >= 4 is 61.8 Å². The average molecular weight is 729 g/mol. The third kappa shape index (κ3) is 5.33. The Morgan fingerprint density at radius 1 is 0.439 bits per heavy atom. The van der Waals surface area contributed by atoms with Gasteiger partial charge >= 0.3 is 0 Å². The van der Waals surface area contributed by atoms with Gasteiger partial charge in [0.15, 0.2) is 0 Å². The Morgan fingerprint density at radius 3 is 1.74 bits per heavy atom. The Morgan fingerprint density at radius 2 is 1.02 bits per heavy atom. The Labute approximate surface area is 333 Å². The van der Waals surface area contributed by atoms with Gasteiger partial charge in [-0.05, 0) is 122 Å². The second-order valence-electron chi connectivity index (χ2n) is 15.8. The van der Waals surface area contributed by atoms with Gasteiger partial charge in [-0.1, -0.05) is 153 Å². The number of benzene rings is 9. The number of aromatic nitrogens is 1. The molecular weight excluding hydrogens is 689 g/mol. The molecule has 2 heteroatoms. The Bertz CT molecular complexity index is 3080. The zero-order valence-corrected chi connectivity index (χ0v) is 32.0. The summed E-state index contributed by atoms with van der Waals surface area (Å²) in [6.07, 6.45) is 4.47. The summed E-state index contributed by atoms with van der Waals surface area (Å²) in [7, 11) is 0. The van der Waals surface area contributed by atoms with Crippen LogP contribution in [-0.4, -0.2) is 4.57 Å². The van der Waals surface area contributed by atoms with Crippen molar-refractivity contribution in [1.29, 1.82) is 0 Å². The van der Waals surface area contributed by atoms with Crippen molar-refractivity contribution in [3.05, 3.63) is 216 Å². The first-order valence-electron chi connectivity index (χ1n) is 19.8. The molecule has 270 valence electrons. The molecule has 0 atom stereocenters. The van der Waals surface area contributed by atoms with Gasteiger partial charge < -0.3 is 9.47 Å². The molecule has 0 unspecified atom stereocenters. The van der Waals surface area contributed by atoms with E-state index in [1.54, 1.807) is 0 Å². The molecule has 1 aromatic heterocycles. The van der Waals surface area contributed by atoms with Crippen LogP contribution in [0.2, 0.25) is 0 Å². The molecular formula is C55H40N2. The Balaban J connectivity index is 0.915.